The molecule has 5 heteroatoms. The second-order valence-corrected chi connectivity index (χ2v) is 5.11. The Morgan fingerprint density at radius 3 is 2.45 bits per heavy atom. The molecule has 1 unspecified atom stereocenters. The highest BCUT2D eigenvalue weighted by atomic mass is 35.5. The summed E-state index contributed by atoms with van der Waals surface area (Å²) in [6, 6.07) is 9.02. The van der Waals surface area contributed by atoms with Crippen molar-refractivity contribution in [3.8, 4) is 0 Å². The van der Waals surface area contributed by atoms with Crippen molar-refractivity contribution in [2.75, 3.05) is 0 Å². The van der Waals surface area contributed by atoms with Crippen LogP contribution in [0, 0.1) is 6.92 Å². The van der Waals surface area contributed by atoms with E-state index in [1.807, 2.05) is 13.0 Å². The fraction of sp³-hybridized carbons (Fsp3) is 0.267. The van der Waals surface area contributed by atoms with Crippen LogP contribution < -0.4 is 0 Å². The van der Waals surface area contributed by atoms with Crippen molar-refractivity contribution >= 4 is 11.6 Å². The molecule has 0 spiro atoms. The van der Waals surface area contributed by atoms with Crippen LogP contribution >= 0.6 is 11.6 Å². The molecule has 1 atom stereocenters. The highest BCUT2D eigenvalue weighted by Crippen LogP contribution is 2.37. The van der Waals surface area contributed by atoms with Crippen molar-refractivity contribution in [1.82, 2.24) is 4.98 Å². The Hall–Kier alpha value is -1.55. The van der Waals surface area contributed by atoms with Crippen LogP contribution in [0.2, 0.25) is 0 Å². The molecule has 0 N–H and O–H groups in total. The van der Waals surface area contributed by atoms with Crippen molar-refractivity contribution in [3.05, 3.63) is 65.0 Å². The van der Waals surface area contributed by atoms with Gasteiger partial charge in [-0.1, -0.05) is 24.3 Å². The van der Waals surface area contributed by atoms with Gasteiger partial charge in [0.25, 0.3) is 0 Å². The molecule has 2 aromatic rings. The van der Waals surface area contributed by atoms with Crippen molar-refractivity contribution < 1.29 is 13.2 Å². The van der Waals surface area contributed by atoms with Crippen LogP contribution in [0.25, 0.3) is 0 Å². The molecule has 0 bridgehead atoms. The van der Waals surface area contributed by atoms with E-state index in [1.54, 1.807) is 18.3 Å². The topological polar surface area (TPSA) is 12.9 Å². The molecule has 2 rings (SSSR count). The van der Waals surface area contributed by atoms with Crippen molar-refractivity contribution in [3.63, 3.8) is 0 Å². The summed E-state index contributed by atoms with van der Waals surface area (Å²) < 4.78 is 38.8. The van der Waals surface area contributed by atoms with Gasteiger partial charge in [0.05, 0.1) is 10.9 Å². The van der Waals surface area contributed by atoms with Gasteiger partial charge in [0.1, 0.15) is 0 Å². The molecular formula is C15H13ClF3N. The zero-order valence-electron chi connectivity index (χ0n) is 10.8. The lowest BCUT2D eigenvalue weighted by Crippen LogP contribution is -2.11. The lowest BCUT2D eigenvalue weighted by Gasteiger charge is -2.16. The molecular weight excluding hydrogens is 287 g/mol. The van der Waals surface area contributed by atoms with E-state index < -0.39 is 17.1 Å². The number of pyridine rings is 1. The summed E-state index contributed by atoms with van der Waals surface area (Å²) in [7, 11) is 0. The Kier molecular flexibility index (Phi) is 4.33. The fourth-order valence-electron chi connectivity index (χ4n) is 1.94. The van der Waals surface area contributed by atoms with Gasteiger partial charge < -0.3 is 0 Å². The van der Waals surface area contributed by atoms with Gasteiger partial charge in [-0.15, -0.1) is 11.6 Å². The normalized spacial score (nSPS) is 13.2. The summed E-state index contributed by atoms with van der Waals surface area (Å²) in [5.74, 6) is 0. The summed E-state index contributed by atoms with van der Waals surface area (Å²) in [6.45, 7) is 1.90. The molecule has 0 saturated carbocycles. The molecule has 20 heavy (non-hydrogen) atoms. The van der Waals surface area contributed by atoms with E-state index in [9.17, 15) is 13.2 Å². The first-order valence-electron chi connectivity index (χ1n) is 6.09. The molecule has 0 fully saturated rings. The summed E-state index contributed by atoms with van der Waals surface area (Å²) >= 11 is 6.15. The van der Waals surface area contributed by atoms with Crippen LogP contribution in [0.4, 0.5) is 13.2 Å². The Labute approximate surface area is 120 Å². The van der Waals surface area contributed by atoms with Crippen LogP contribution in [-0.4, -0.2) is 4.98 Å². The lowest BCUT2D eigenvalue weighted by atomic mass is 10.0. The third-order valence-corrected chi connectivity index (χ3v) is 3.35. The number of rotatable bonds is 3. The maximum absolute atomic E-state index is 12.9. The molecule has 0 aliphatic heterocycles. The molecule has 1 aromatic carbocycles. The second kappa shape index (κ2) is 5.83. The highest BCUT2D eigenvalue weighted by molar-refractivity contribution is 6.21. The number of halogens is 4. The molecule has 0 amide bonds. The van der Waals surface area contributed by atoms with E-state index in [0.717, 1.165) is 11.6 Å². The van der Waals surface area contributed by atoms with Gasteiger partial charge in [-0.25, -0.2) is 0 Å². The first-order valence-corrected chi connectivity index (χ1v) is 6.53. The van der Waals surface area contributed by atoms with E-state index in [2.05, 4.69) is 4.98 Å². The van der Waals surface area contributed by atoms with Crippen LogP contribution in [0.5, 0.6) is 0 Å². The first kappa shape index (κ1) is 14.9. The number of hydrogen-bond acceptors (Lipinski definition) is 1. The molecule has 0 aliphatic rings. The van der Waals surface area contributed by atoms with Crippen molar-refractivity contribution in [1.29, 1.82) is 0 Å². The largest absolute Gasteiger partial charge is 0.416 e. The van der Waals surface area contributed by atoms with Crippen molar-refractivity contribution in [2.45, 2.75) is 24.9 Å². The molecule has 106 valence electrons. The Morgan fingerprint density at radius 1 is 1.15 bits per heavy atom. The van der Waals surface area contributed by atoms with Gasteiger partial charge in [0, 0.05) is 18.3 Å². The summed E-state index contributed by atoms with van der Waals surface area (Å²) in [6.07, 6.45) is -2.46. The number of alkyl halides is 4. The number of hydrogen-bond donors (Lipinski definition) is 0. The quantitative estimate of drug-likeness (QED) is 0.732. The van der Waals surface area contributed by atoms with Crippen LogP contribution in [0.1, 0.15) is 27.8 Å². The van der Waals surface area contributed by atoms with E-state index >= 15 is 0 Å². The number of aryl methyl sites for hydroxylation is 1. The Balaban J connectivity index is 2.25. The smallest absolute Gasteiger partial charge is 0.261 e. The monoisotopic (exact) mass is 299 g/mol. The van der Waals surface area contributed by atoms with Gasteiger partial charge in [0.2, 0.25) is 0 Å². The van der Waals surface area contributed by atoms with Gasteiger partial charge in [-0.05, 0) is 30.2 Å². The predicted octanol–water partition coefficient (Wildman–Crippen LogP) is 4.93. The predicted molar refractivity (Wildman–Crippen MR) is 72.7 cm³/mol. The second-order valence-electron chi connectivity index (χ2n) is 4.58. The van der Waals surface area contributed by atoms with Gasteiger partial charge >= 0.3 is 6.18 Å². The van der Waals surface area contributed by atoms with Crippen molar-refractivity contribution in [2.24, 2.45) is 0 Å². The van der Waals surface area contributed by atoms with Crippen LogP contribution in [0.3, 0.4) is 0 Å². The molecule has 0 aliphatic carbocycles. The zero-order valence-corrected chi connectivity index (χ0v) is 11.5. The third-order valence-electron chi connectivity index (χ3n) is 2.96. The molecule has 0 saturated heterocycles. The fourth-order valence-corrected chi connectivity index (χ4v) is 2.29. The van der Waals surface area contributed by atoms with E-state index in [0.29, 0.717) is 5.69 Å². The van der Waals surface area contributed by atoms with E-state index in [1.165, 1.54) is 12.1 Å². The first-order chi connectivity index (χ1) is 9.38. The van der Waals surface area contributed by atoms with Gasteiger partial charge in [-0.2, -0.15) is 13.2 Å². The van der Waals surface area contributed by atoms with Crippen LogP contribution in [0.15, 0.2) is 42.6 Å². The number of nitrogens with zero attached hydrogens (tertiary/aromatic N) is 1. The minimum atomic E-state index is -4.40. The van der Waals surface area contributed by atoms with E-state index in [-0.39, 0.29) is 12.0 Å². The maximum atomic E-state index is 12.9. The number of benzene rings is 1. The summed E-state index contributed by atoms with van der Waals surface area (Å²) in [5.41, 5.74) is 1.07. The minimum Gasteiger partial charge on any atom is -0.261 e. The Bertz CT molecular complexity index is 578. The summed E-state index contributed by atoms with van der Waals surface area (Å²) in [4.78, 5) is 4.17. The lowest BCUT2D eigenvalue weighted by molar-refractivity contribution is -0.138. The highest BCUT2D eigenvalue weighted by Gasteiger charge is 2.34. The molecule has 1 heterocycles. The molecule has 1 nitrogen and oxygen atoms in total. The standard InChI is InChI=1S/C15H13ClF3N/c1-10-6-7-11(20-9-10)8-14(16)12-4-2-3-5-13(12)15(17,18)19/h2-7,9,14H,8H2,1H3. The molecule has 0 radical (unpaired) electrons. The third kappa shape index (κ3) is 3.51. The van der Waals surface area contributed by atoms with E-state index in [4.69, 9.17) is 11.6 Å². The SMILES string of the molecule is Cc1ccc(CC(Cl)c2ccccc2C(F)(F)F)nc1. The average molecular weight is 300 g/mol. The van der Waals surface area contributed by atoms with Gasteiger partial charge in [-0.3, -0.25) is 4.98 Å². The summed E-state index contributed by atoms with van der Waals surface area (Å²) in [5, 5.41) is -0.761. The molecule has 1 aromatic heterocycles. The van der Waals surface area contributed by atoms with Crippen LogP contribution in [-0.2, 0) is 12.6 Å². The minimum absolute atomic E-state index is 0.0871. The Morgan fingerprint density at radius 2 is 1.85 bits per heavy atom. The maximum Gasteiger partial charge on any atom is 0.416 e. The number of aromatic nitrogens is 1. The average Bonchev–Trinajstić information content (AvgIpc) is 2.40. The zero-order chi connectivity index (χ0) is 14.8. The van der Waals surface area contributed by atoms with Gasteiger partial charge in [0.15, 0.2) is 0 Å².